The normalized spacial score (nSPS) is 23.9. The van der Waals surface area contributed by atoms with Crippen LogP contribution in [-0.4, -0.2) is 48.5 Å². The summed E-state index contributed by atoms with van der Waals surface area (Å²) in [6.07, 6.45) is 1.59. The van der Waals surface area contributed by atoms with E-state index in [1.807, 2.05) is 60.7 Å². The molecule has 6 heteroatoms. The Morgan fingerprint density at radius 2 is 1.63 bits per heavy atom. The van der Waals surface area contributed by atoms with E-state index in [1.54, 1.807) is 12.1 Å². The number of ether oxygens (including phenoxy) is 1. The van der Waals surface area contributed by atoms with Crippen LogP contribution in [0, 0.1) is 11.7 Å². The molecule has 35 heavy (non-hydrogen) atoms. The molecule has 0 aromatic heterocycles. The van der Waals surface area contributed by atoms with Gasteiger partial charge in [-0.2, -0.15) is 0 Å². The van der Waals surface area contributed by atoms with Gasteiger partial charge in [0.05, 0.1) is 13.1 Å². The molecular formula is C29H30FN2O3+. The summed E-state index contributed by atoms with van der Waals surface area (Å²) in [4.78, 5) is 26.5. The third-order valence-electron chi connectivity index (χ3n) is 7.39. The largest absolute Gasteiger partial charge is 0.454 e. The summed E-state index contributed by atoms with van der Waals surface area (Å²) in [7, 11) is 0. The highest BCUT2D eigenvalue weighted by atomic mass is 19.1. The predicted molar refractivity (Wildman–Crippen MR) is 132 cm³/mol. The standard InChI is InChI=1S/C29H30FN2O3/c30-24-11-7-10-23(18-24)28(31-25-12-5-2-6-13-25)29(34)35-27-20-32(16-14-22(27)15-17-32)19-26(33)21-8-3-1-4-9-21/h1-13,18,22,27-28,31H,14-17,19-20H2/q+1. The predicted octanol–water partition coefficient (Wildman–Crippen LogP) is 5.01. The molecule has 0 amide bonds. The van der Waals surface area contributed by atoms with Crippen molar-refractivity contribution in [3.63, 3.8) is 0 Å². The van der Waals surface area contributed by atoms with E-state index >= 15 is 0 Å². The van der Waals surface area contributed by atoms with Gasteiger partial charge in [0.2, 0.25) is 5.78 Å². The number of hydrogen-bond donors (Lipinski definition) is 1. The maximum Gasteiger partial charge on any atom is 0.333 e. The van der Waals surface area contributed by atoms with Crippen molar-refractivity contribution in [2.45, 2.75) is 25.0 Å². The summed E-state index contributed by atoms with van der Waals surface area (Å²) in [5.74, 6) is -0.414. The second-order valence-corrected chi connectivity index (χ2v) is 9.73. The highest BCUT2D eigenvalue weighted by Crippen LogP contribution is 2.36. The van der Waals surface area contributed by atoms with Crippen LogP contribution in [0.1, 0.15) is 34.8 Å². The maximum atomic E-state index is 14.0. The van der Waals surface area contributed by atoms with Crippen LogP contribution in [0.4, 0.5) is 10.1 Å². The van der Waals surface area contributed by atoms with E-state index in [2.05, 4.69) is 5.32 Å². The molecule has 3 fully saturated rings. The number of fused-ring (bicyclic) bond motifs is 3. The quantitative estimate of drug-likeness (QED) is 0.284. The second kappa shape index (κ2) is 10.0. The maximum absolute atomic E-state index is 14.0. The van der Waals surface area contributed by atoms with Crippen LogP contribution in [0.15, 0.2) is 84.9 Å². The van der Waals surface area contributed by atoms with Gasteiger partial charge in [-0.1, -0.05) is 60.7 Å². The lowest BCUT2D eigenvalue weighted by atomic mass is 9.82. The van der Waals surface area contributed by atoms with Gasteiger partial charge in [-0.15, -0.1) is 0 Å². The summed E-state index contributed by atoms with van der Waals surface area (Å²) < 4.78 is 20.8. The molecule has 6 rings (SSSR count). The molecule has 3 aromatic rings. The number of piperidine rings is 3. The molecule has 0 spiro atoms. The van der Waals surface area contributed by atoms with Crippen molar-refractivity contribution in [2.75, 3.05) is 31.5 Å². The molecule has 5 nitrogen and oxygen atoms in total. The Kier molecular flexibility index (Phi) is 6.64. The Labute approximate surface area is 205 Å². The monoisotopic (exact) mass is 473 g/mol. The van der Waals surface area contributed by atoms with Gasteiger partial charge < -0.3 is 14.5 Å². The molecule has 3 saturated heterocycles. The second-order valence-electron chi connectivity index (χ2n) is 9.73. The zero-order valence-corrected chi connectivity index (χ0v) is 19.6. The number of carbonyl (C=O) groups excluding carboxylic acids is 2. The number of carbonyl (C=O) groups is 2. The van der Waals surface area contributed by atoms with Gasteiger partial charge >= 0.3 is 5.97 Å². The first-order chi connectivity index (χ1) is 17.0. The van der Waals surface area contributed by atoms with Crippen molar-refractivity contribution in [1.82, 2.24) is 0 Å². The topological polar surface area (TPSA) is 55.4 Å². The fraction of sp³-hybridized carbons (Fsp3) is 0.310. The van der Waals surface area contributed by atoms with Crippen LogP contribution in [0.3, 0.4) is 0 Å². The first-order valence-electron chi connectivity index (χ1n) is 12.2. The number of benzene rings is 3. The van der Waals surface area contributed by atoms with Gasteiger partial charge in [0.25, 0.3) is 0 Å². The minimum Gasteiger partial charge on any atom is -0.454 e. The first-order valence-corrected chi connectivity index (χ1v) is 12.2. The molecule has 1 N–H and O–H groups in total. The molecule has 2 atom stereocenters. The fourth-order valence-electron chi connectivity index (χ4n) is 5.48. The van der Waals surface area contributed by atoms with E-state index in [-0.39, 0.29) is 17.8 Å². The average Bonchev–Trinajstić information content (AvgIpc) is 2.89. The van der Waals surface area contributed by atoms with E-state index in [9.17, 15) is 14.0 Å². The Bertz CT molecular complexity index is 1180. The van der Waals surface area contributed by atoms with Crippen molar-refractivity contribution in [3.05, 3.63) is 102 Å². The van der Waals surface area contributed by atoms with Gasteiger partial charge in [-0.3, -0.25) is 4.79 Å². The summed E-state index contributed by atoms with van der Waals surface area (Å²) in [6.45, 7) is 2.90. The van der Waals surface area contributed by atoms with Gasteiger partial charge in [0.15, 0.2) is 12.1 Å². The summed E-state index contributed by atoms with van der Waals surface area (Å²) in [5, 5.41) is 3.22. The summed E-state index contributed by atoms with van der Waals surface area (Å²) in [5.41, 5.74) is 1.99. The van der Waals surface area contributed by atoms with E-state index in [0.717, 1.165) is 37.2 Å². The number of quaternary nitrogens is 1. The molecule has 2 unspecified atom stereocenters. The van der Waals surface area contributed by atoms with E-state index in [4.69, 9.17) is 4.74 Å². The van der Waals surface area contributed by atoms with Crippen molar-refractivity contribution >= 4 is 17.4 Å². The van der Waals surface area contributed by atoms with Crippen LogP contribution < -0.4 is 5.32 Å². The zero-order valence-electron chi connectivity index (χ0n) is 19.6. The van der Waals surface area contributed by atoms with Crippen LogP contribution >= 0.6 is 0 Å². The first kappa shape index (κ1) is 23.2. The third-order valence-corrected chi connectivity index (χ3v) is 7.39. The van der Waals surface area contributed by atoms with Crippen LogP contribution in [0.5, 0.6) is 0 Å². The fourth-order valence-corrected chi connectivity index (χ4v) is 5.48. The average molecular weight is 474 g/mol. The molecule has 0 saturated carbocycles. The van der Waals surface area contributed by atoms with E-state index in [1.165, 1.54) is 12.1 Å². The highest BCUT2D eigenvalue weighted by Gasteiger charge is 2.49. The molecular weight excluding hydrogens is 443 g/mol. The Morgan fingerprint density at radius 3 is 2.31 bits per heavy atom. The Balaban J connectivity index is 1.32. The van der Waals surface area contributed by atoms with Gasteiger partial charge in [0, 0.05) is 30.0 Å². The van der Waals surface area contributed by atoms with Crippen molar-refractivity contribution in [1.29, 1.82) is 0 Å². The highest BCUT2D eigenvalue weighted by molar-refractivity contribution is 5.97. The van der Waals surface area contributed by atoms with Crippen LogP contribution in [0.2, 0.25) is 0 Å². The SMILES string of the molecule is O=C(C[N+]12CCC(CC1)C(OC(=O)C(Nc1ccccc1)c1cccc(F)c1)C2)c1ccccc1. The van der Waals surface area contributed by atoms with Crippen molar-refractivity contribution in [2.24, 2.45) is 5.92 Å². The lowest BCUT2D eigenvalue weighted by Gasteiger charge is -2.51. The number of rotatable bonds is 8. The smallest absolute Gasteiger partial charge is 0.333 e. The van der Waals surface area contributed by atoms with Gasteiger partial charge in [-0.05, 0) is 29.8 Å². The number of halogens is 1. The molecule has 2 bridgehead atoms. The van der Waals surface area contributed by atoms with E-state index < -0.39 is 17.8 Å². The van der Waals surface area contributed by atoms with Crippen LogP contribution in [0.25, 0.3) is 0 Å². The number of para-hydroxylation sites is 1. The molecule has 0 aliphatic carbocycles. The van der Waals surface area contributed by atoms with Crippen molar-refractivity contribution < 1.29 is 23.2 Å². The number of nitrogens with one attached hydrogen (secondary N) is 1. The molecule has 0 radical (unpaired) electrons. The molecule has 3 aromatic carbocycles. The van der Waals surface area contributed by atoms with Gasteiger partial charge in [0.1, 0.15) is 18.9 Å². The van der Waals surface area contributed by atoms with Gasteiger partial charge in [-0.25, -0.2) is 9.18 Å². The Hall–Kier alpha value is -3.51. The van der Waals surface area contributed by atoms with Crippen molar-refractivity contribution in [3.8, 4) is 0 Å². The lowest BCUT2D eigenvalue weighted by Crippen LogP contribution is -2.65. The lowest BCUT2D eigenvalue weighted by molar-refractivity contribution is -0.938. The third kappa shape index (κ3) is 5.28. The minimum absolute atomic E-state index is 0.124. The number of esters is 1. The molecule has 3 aliphatic rings. The number of anilines is 1. The Morgan fingerprint density at radius 1 is 0.943 bits per heavy atom. The number of nitrogens with zero attached hydrogens (tertiary/aromatic N) is 1. The zero-order chi connectivity index (χ0) is 24.3. The molecule has 180 valence electrons. The number of Topliss-reactive ketones (excluding diaryl/α,β-unsaturated/α-hetero) is 1. The number of hydrogen-bond acceptors (Lipinski definition) is 4. The minimum atomic E-state index is -0.831. The summed E-state index contributed by atoms with van der Waals surface area (Å²) in [6, 6.07) is 24.0. The summed E-state index contributed by atoms with van der Waals surface area (Å²) >= 11 is 0. The van der Waals surface area contributed by atoms with E-state index in [0.29, 0.717) is 23.1 Å². The molecule has 3 aliphatic heterocycles. The van der Waals surface area contributed by atoms with Crippen LogP contribution in [-0.2, 0) is 9.53 Å². The molecule has 3 heterocycles. The number of ketones is 1.